The van der Waals surface area contributed by atoms with E-state index in [0.29, 0.717) is 31.6 Å². The van der Waals surface area contributed by atoms with Crippen molar-refractivity contribution in [2.45, 2.75) is 31.9 Å². The van der Waals surface area contributed by atoms with E-state index in [2.05, 4.69) is 4.90 Å². The van der Waals surface area contributed by atoms with Gasteiger partial charge in [0.2, 0.25) is 0 Å². The molecule has 2 unspecified atom stereocenters. The molecule has 0 aliphatic carbocycles. The van der Waals surface area contributed by atoms with E-state index in [1.807, 2.05) is 6.92 Å². The highest BCUT2D eigenvalue weighted by Crippen LogP contribution is 2.41. The Kier molecular flexibility index (Phi) is 6.58. The third kappa shape index (κ3) is 4.56. The van der Waals surface area contributed by atoms with E-state index >= 15 is 0 Å². The normalized spacial score (nSPS) is 24.0. The number of benzene rings is 2. The maximum absolute atomic E-state index is 15.0. The zero-order valence-corrected chi connectivity index (χ0v) is 19.7. The number of carbonyl (C=O) groups excluding carboxylic acids is 2. The average Bonchev–Trinajstić information content (AvgIpc) is 3.35. The van der Waals surface area contributed by atoms with Crippen LogP contribution in [0.2, 0.25) is 0 Å². The molecule has 8 heteroatoms. The lowest BCUT2D eigenvalue weighted by molar-refractivity contribution is -0.140. The molecule has 5 rings (SSSR count). The number of halogens is 1. The number of aliphatic hydroxyl groups is 1. The van der Waals surface area contributed by atoms with E-state index in [9.17, 15) is 19.1 Å². The van der Waals surface area contributed by atoms with Crippen molar-refractivity contribution >= 4 is 17.4 Å². The lowest BCUT2D eigenvalue weighted by Crippen LogP contribution is -2.39. The van der Waals surface area contributed by atoms with Crippen molar-refractivity contribution < 1.29 is 28.6 Å². The minimum absolute atomic E-state index is 0.0258. The van der Waals surface area contributed by atoms with Crippen LogP contribution in [-0.4, -0.2) is 72.1 Å². The molecule has 3 heterocycles. The average molecular weight is 481 g/mol. The Balaban J connectivity index is 1.49. The molecule has 2 aromatic carbocycles. The third-order valence-electron chi connectivity index (χ3n) is 6.89. The number of hydrogen-bond donors (Lipinski definition) is 1. The van der Waals surface area contributed by atoms with E-state index in [0.717, 1.165) is 30.9 Å². The van der Waals surface area contributed by atoms with Crippen LogP contribution in [-0.2, 0) is 20.7 Å². The summed E-state index contributed by atoms with van der Waals surface area (Å²) in [4.78, 5) is 29.9. The first kappa shape index (κ1) is 23.5. The molecule has 2 atom stereocenters. The van der Waals surface area contributed by atoms with Crippen LogP contribution in [0.25, 0.3) is 5.76 Å². The first-order valence-electron chi connectivity index (χ1n) is 12.1. The molecule has 1 N–H and O–H groups in total. The van der Waals surface area contributed by atoms with Crippen LogP contribution >= 0.6 is 0 Å². The van der Waals surface area contributed by atoms with Gasteiger partial charge in [0.15, 0.2) is 0 Å². The van der Waals surface area contributed by atoms with E-state index in [1.54, 1.807) is 36.4 Å². The quantitative estimate of drug-likeness (QED) is 0.388. The van der Waals surface area contributed by atoms with Crippen molar-refractivity contribution in [3.8, 4) is 5.75 Å². The predicted octanol–water partition coefficient (Wildman–Crippen LogP) is 3.29. The van der Waals surface area contributed by atoms with Crippen molar-refractivity contribution in [3.05, 3.63) is 70.5 Å². The monoisotopic (exact) mass is 480 g/mol. The molecular weight excluding hydrogens is 451 g/mol. The van der Waals surface area contributed by atoms with Gasteiger partial charge in [-0.15, -0.1) is 0 Å². The van der Waals surface area contributed by atoms with E-state index in [1.165, 1.54) is 11.0 Å². The van der Waals surface area contributed by atoms with Gasteiger partial charge in [-0.2, -0.15) is 0 Å². The number of ether oxygens (including phenoxy) is 2. The van der Waals surface area contributed by atoms with E-state index in [-0.39, 0.29) is 29.5 Å². The van der Waals surface area contributed by atoms with Gasteiger partial charge in [0.05, 0.1) is 24.8 Å². The first-order chi connectivity index (χ1) is 16.9. The van der Waals surface area contributed by atoms with Gasteiger partial charge < -0.3 is 19.5 Å². The summed E-state index contributed by atoms with van der Waals surface area (Å²) in [7, 11) is 0. The molecule has 1 amide bonds. The number of amides is 1. The van der Waals surface area contributed by atoms with Crippen molar-refractivity contribution in [2.24, 2.45) is 0 Å². The van der Waals surface area contributed by atoms with Gasteiger partial charge in [0.25, 0.3) is 11.7 Å². The number of ketones is 1. The number of fused-ring (bicyclic) bond motifs is 1. The Morgan fingerprint density at radius 2 is 1.89 bits per heavy atom. The fraction of sp³-hybridized carbons (Fsp3) is 0.407. The van der Waals surface area contributed by atoms with Crippen LogP contribution in [0.3, 0.4) is 0 Å². The first-order valence-corrected chi connectivity index (χ1v) is 12.1. The number of rotatable bonds is 6. The number of carbonyl (C=O) groups is 2. The highest BCUT2D eigenvalue weighted by Gasteiger charge is 2.46. The summed E-state index contributed by atoms with van der Waals surface area (Å²) in [5, 5.41) is 11.3. The van der Waals surface area contributed by atoms with Crippen molar-refractivity contribution in [3.63, 3.8) is 0 Å². The summed E-state index contributed by atoms with van der Waals surface area (Å²) in [6.07, 6.45) is 1.33. The van der Waals surface area contributed by atoms with Crippen LogP contribution in [0.5, 0.6) is 5.75 Å². The van der Waals surface area contributed by atoms with Crippen molar-refractivity contribution in [1.29, 1.82) is 0 Å². The summed E-state index contributed by atoms with van der Waals surface area (Å²) in [5.74, 6) is -1.61. The number of Topliss-reactive ketones (excluding diaryl/α,β-unsaturated/α-hetero) is 1. The molecule has 2 fully saturated rings. The molecule has 0 saturated carbocycles. The highest BCUT2D eigenvalue weighted by atomic mass is 19.1. The van der Waals surface area contributed by atoms with Gasteiger partial charge in [0.1, 0.15) is 23.4 Å². The lowest BCUT2D eigenvalue weighted by atomic mass is 9.94. The molecule has 0 radical (unpaired) electrons. The number of aliphatic hydroxyl groups excluding tert-OH is 1. The van der Waals surface area contributed by atoms with Gasteiger partial charge in [-0.25, -0.2) is 4.39 Å². The Morgan fingerprint density at radius 1 is 1.11 bits per heavy atom. The molecule has 3 aliphatic rings. The molecule has 0 aromatic heterocycles. The number of hydrogen-bond acceptors (Lipinski definition) is 6. The maximum Gasteiger partial charge on any atom is 0.295 e. The van der Waals surface area contributed by atoms with E-state index < -0.39 is 23.5 Å². The van der Waals surface area contributed by atoms with Gasteiger partial charge in [-0.05, 0) is 43.2 Å². The fourth-order valence-corrected chi connectivity index (χ4v) is 5.15. The van der Waals surface area contributed by atoms with Crippen molar-refractivity contribution in [2.75, 3.05) is 39.4 Å². The Morgan fingerprint density at radius 3 is 2.66 bits per heavy atom. The summed E-state index contributed by atoms with van der Waals surface area (Å²) in [6.45, 7) is 5.94. The largest absolute Gasteiger partial charge is 0.507 e. The molecule has 0 spiro atoms. The summed E-state index contributed by atoms with van der Waals surface area (Å²) < 4.78 is 26.1. The molecular formula is C27H29FN2O5. The van der Waals surface area contributed by atoms with Crippen LogP contribution in [0, 0.1) is 5.82 Å². The zero-order valence-electron chi connectivity index (χ0n) is 19.7. The molecule has 2 saturated heterocycles. The Labute approximate surface area is 203 Å². The number of morpholine rings is 1. The Hall–Kier alpha value is -3.23. The van der Waals surface area contributed by atoms with Gasteiger partial charge in [-0.1, -0.05) is 18.2 Å². The standard InChI is InChI=1S/C27H29FN2O5/c1-17-15-19-16-18(7-8-22(19)35-17)25(31)23-24(20-5-2-3-6-21(20)28)30(27(33)26(23)32)10-4-9-29-11-13-34-14-12-29/h2-3,5-8,16-17,24,31H,4,9-15H2,1H3/b25-23-. The topological polar surface area (TPSA) is 79.3 Å². The van der Waals surface area contributed by atoms with Crippen LogP contribution in [0.1, 0.15) is 36.1 Å². The second kappa shape index (κ2) is 9.79. The summed E-state index contributed by atoms with van der Waals surface area (Å²) in [5.41, 5.74) is 1.44. The number of nitrogens with zero attached hydrogens (tertiary/aromatic N) is 2. The van der Waals surface area contributed by atoms with Crippen LogP contribution < -0.4 is 4.74 Å². The SMILES string of the molecule is CC1Cc2cc(/C(O)=C3/C(=O)C(=O)N(CCCN4CCOCC4)C3c3ccccc3F)ccc2O1. The zero-order chi connectivity index (χ0) is 24.5. The highest BCUT2D eigenvalue weighted by molar-refractivity contribution is 6.46. The van der Waals surface area contributed by atoms with Crippen LogP contribution in [0.4, 0.5) is 4.39 Å². The van der Waals surface area contributed by atoms with Gasteiger partial charge in [0, 0.05) is 43.7 Å². The van der Waals surface area contributed by atoms with Gasteiger partial charge in [-0.3, -0.25) is 14.5 Å². The molecule has 35 heavy (non-hydrogen) atoms. The number of likely N-dealkylation sites (tertiary alicyclic amines) is 1. The predicted molar refractivity (Wildman–Crippen MR) is 128 cm³/mol. The molecule has 2 aromatic rings. The van der Waals surface area contributed by atoms with Crippen molar-refractivity contribution in [1.82, 2.24) is 9.80 Å². The van der Waals surface area contributed by atoms with Gasteiger partial charge >= 0.3 is 0 Å². The van der Waals surface area contributed by atoms with E-state index in [4.69, 9.17) is 9.47 Å². The Bertz CT molecular complexity index is 1170. The fourth-order valence-electron chi connectivity index (χ4n) is 5.15. The molecule has 7 nitrogen and oxygen atoms in total. The minimum Gasteiger partial charge on any atom is -0.507 e. The second-order valence-corrected chi connectivity index (χ2v) is 9.28. The minimum atomic E-state index is -0.996. The second-order valence-electron chi connectivity index (χ2n) is 9.28. The van der Waals surface area contributed by atoms with Crippen LogP contribution in [0.15, 0.2) is 48.0 Å². The third-order valence-corrected chi connectivity index (χ3v) is 6.89. The maximum atomic E-state index is 15.0. The molecule has 0 bridgehead atoms. The summed E-state index contributed by atoms with van der Waals surface area (Å²) in [6, 6.07) is 10.3. The summed E-state index contributed by atoms with van der Waals surface area (Å²) >= 11 is 0. The lowest BCUT2D eigenvalue weighted by Gasteiger charge is -2.29. The smallest absolute Gasteiger partial charge is 0.295 e. The molecule has 3 aliphatic heterocycles. The molecule has 184 valence electrons.